The molecule has 0 radical (unpaired) electrons. The van der Waals surface area contributed by atoms with Gasteiger partial charge < -0.3 is 10.4 Å². The number of aromatic carboxylic acids is 1. The zero-order chi connectivity index (χ0) is 15.4. The van der Waals surface area contributed by atoms with Gasteiger partial charge in [-0.25, -0.2) is 9.18 Å². The van der Waals surface area contributed by atoms with Gasteiger partial charge >= 0.3 is 5.97 Å². The van der Waals surface area contributed by atoms with Gasteiger partial charge in [0.15, 0.2) is 0 Å². The van der Waals surface area contributed by atoms with Gasteiger partial charge in [0.2, 0.25) is 0 Å². The Morgan fingerprint density at radius 1 is 1.19 bits per heavy atom. The number of carbonyl (C=O) groups excluding carboxylic acids is 1. The van der Waals surface area contributed by atoms with Crippen LogP contribution in [0.1, 0.15) is 26.3 Å². The van der Waals surface area contributed by atoms with Crippen molar-refractivity contribution in [1.82, 2.24) is 5.32 Å². The summed E-state index contributed by atoms with van der Waals surface area (Å²) in [4.78, 5) is 22.7. The number of benzene rings is 2. The van der Waals surface area contributed by atoms with Gasteiger partial charge in [-0.2, -0.15) is 0 Å². The minimum Gasteiger partial charge on any atom is -0.478 e. The number of nitrogens with one attached hydrogen (secondary N) is 1. The van der Waals surface area contributed by atoms with Crippen molar-refractivity contribution < 1.29 is 19.1 Å². The topological polar surface area (TPSA) is 66.4 Å². The Bertz CT molecular complexity index is 703. The van der Waals surface area contributed by atoms with E-state index in [9.17, 15) is 14.0 Å². The molecule has 2 N–H and O–H groups in total. The molecule has 108 valence electrons. The van der Waals surface area contributed by atoms with E-state index in [1.54, 1.807) is 12.1 Å². The quantitative estimate of drug-likeness (QED) is 0.912. The molecule has 2 aromatic rings. The summed E-state index contributed by atoms with van der Waals surface area (Å²) in [5.74, 6) is -2.34. The van der Waals surface area contributed by atoms with Gasteiger partial charge in [0.05, 0.1) is 11.1 Å². The molecule has 2 rings (SSSR count). The maximum atomic E-state index is 13.5. The predicted molar refractivity (Wildman–Crippen MR) is 76.0 cm³/mol. The Morgan fingerprint density at radius 2 is 1.95 bits per heavy atom. The van der Waals surface area contributed by atoms with E-state index in [0.717, 1.165) is 6.07 Å². The van der Waals surface area contributed by atoms with Crippen molar-refractivity contribution in [2.24, 2.45) is 0 Å². The van der Waals surface area contributed by atoms with E-state index in [1.807, 2.05) is 0 Å². The van der Waals surface area contributed by atoms with E-state index in [-0.39, 0.29) is 22.7 Å². The number of carboxylic acids is 1. The van der Waals surface area contributed by atoms with E-state index in [1.165, 1.54) is 24.3 Å². The van der Waals surface area contributed by atoms with E-state index in [4.69, 9.17) is 16.7 Å². The van der Waals surface area contributed by atoms with Crippen LogP contribution in [-0.4, -0.2) is 17.0 Å². The van der Waals surface area contributed by atoms with Crippen molar-refractivity contribution in [3.8, 4) is 0 Å². The molecule has 0 atom stereocenters. The van der Waals surface area contributed by atoms with Crippen LogP contribution in [0.4, 0.5) is 4.39 Å². The van der Waals surface area contributed by atoms with E-state index >= 15 is 0 Å². The first-order valence-corrected chi connectivity index (χ1v) is 6.40. The molecule has 0 heterocycles. The Balaban J connectivity index is 2.09. The van der Waals surface area contributed by atoms with Gasteiger partial charge in [-0.05, 0) is 35.9 Å². The van der Waals surface area contributed by atoms with Gasteiger partial charge in [0.1, 0.15) is 5.82 Å². The number of hydrogen-bond acceptors (Lipinski definition) is 2. The highest BCUT2D eigenvalue weighted by Crippen LogP contribution is 2.15. The van der Waals surface area contributed by atoms with E-state index in [0.29, 0.717) is 5.56 Å². The van der Waals surface area contributed by atoms with Crippen LogP contribution in [-0.2, 0) is 6.54 Å². The first kappa shape index (κ1) is 15.0. The minimum absolute atomic E-state index is 0.0892. The predicted octanol–water partition coefficient (Wildman–Crippen LogP) is 3.11. The Morgan fingerprint density at radius 3 is 2.67 bits per heavy atom. The van der Waals surface area contributed by atoms with Crippen LogP contribution in [0.2, 0.25) is 5.02 Å². The molecule has 21 heavy (non-hydrogen) atoms. The van der Waals surface area contributed by atoms with Crippen molar-refractivity contribution in [3.63, 3.8) is 0 Å². The molecule has 0 bridgehead atoms. The highest BCUT2D eigenvalue weighted by atomic mass is 35.5. The third kappa shape index (κ3) is 3.79. The molecule has 0 unspecified atom stereocenters. The molecule has 0 spiro atoms. The molecule has 0 aliphatic carbocycles. The van der Waals surface area contributed by atoms with Crippen LogP contribution >= 0.6 is 11.6 Å². The number of carbonyl (C=O) groups is 2. The zero-order valence-electron chi connectivity index (χ0n) is 10.8. The van der Waals surface area contributed by atoms with Gasteiger partial charge in [-0.1, -0.05) is 23.7 Å². The second kappa shape index (κ2) is 6.37. The summed E-state index contributed by atoms with van der Waals surface area (Å²) in [6.45, 7) is 0.0892. The van der Waals surface area contributed by atoms with Crippen molar-refractivity contribution in [1.29, 1.82) is 0 Å². The second-order valence-electron chi connectivity index (χ2n) is 4.31. The van der Waals surface area contributed by atoms with Crippen LogP contribution in [0, 0.1) is 5.82 Å². The average Bonchev–Trinajstić information content (AvgIpc) is 2.47. The molecule has 0 saturated heterocycles. The largest absolute Gasteiger partial charge is 0.478 e. The van der Waals surface area contributed by atoms with Crippen molar-refractivity contribution >= 4 is 23.5 Å². The Labute approximate surface area is 125 Å². The molecule has 2 aromatic carbocycles. The fourth-order valence-electron chi connectivity index (χ4n) is 1.76. The van der Waals surface area contributed by atoms with Crippen LogP contribution in [0.15, 0.2) is 42.5 Å². The summed E-state index contributed by atoms with van der Waals surface area (Å²) in [6.07, 6.45) is 0. The summed E-state index contributed by atoms with van der Waals surface area (Å²) in [7, 11) is 0. The summed E-state index contributed by atoms with van der Waals surface area (Å²) in [6, 6.07) is 9.83. The summed E-state index contributed by atoms with van der Waals surface area (Å²) < 4.78 is 13.5. The summed E-state index contributed by atoms with van der Waals surface area (Å²) in [5.41, 5.74) is 0.568. The number of halogens is 2. The van der Waals surface area contributed by atoms with Crippen LogP contribution in [0.3, 0.4) is 0 Å². The smallest absolute Gasteiger partial charge is 0.335 e. The van der Waals surface area contributed by atoms with Gasteiger partial charge in [0, 0.05) is 11.6 Å². The molecule has 0 aliphatic heterocycles. The van der Waals surface area contributed by atoms with Crippen LogP contribution in [0.25, 0.3) is 0 Å². The third-order valence-electron chi connectivity index (χ3n) is 2.80. The SMILES string of the molecule is O=C(O)c1cccc(CNC(=O)c2cc(Cl)ccc2F)c1. The lowest BCUT2D eigenvalue weighted by Crippen LogP contribution is -2.24. The molecule has 4 nitrogen and oxygen atoms in total. The molecule has 0 fully saturated rings. The molecule has 6 heteroatoms. The van der Waals surface area contributed by atoms with Crippen LogP contribution in [0.5, 0.6) is 0 Å². The highest BCUT2D eigenvalue weighted by Gasteiger charge is 2.12. The first-order valence-electron chi connectivity index (χ1n) is 6.03. The summed E-state index contributed by atoms with van der Waals surface area (Å²) >= 11 is 5.72. The fraction of sp³-hybridized carbons (Fsp3) is 0.0667. The average molecular weight is 308 g/mol. The first-order chi connectivity index (χ1) is 9.97. The Hall–Kier alpha value is -2.40. The number of hydrogen-bond donors (Lipinski definition) is 2. The fourth-order valence-corrected chi connectivity index (χ4v) is 1.94. The number of amides is 1. The molecule has 0 aromatic heterocycles. The maximum absolute atomic E-state index is 13.5. The van der Waals surface area contributed by atoms with Gasteiger partial charge in [-0.15, -0.1) is 0 Å². The zero-order valence-corrected chi connectivity index (χ0v) is 11.5. The molecular weight excluding hydrogens is 297 g/mol. The number of rotatable bonds is 4. The molecule has 1 amide bonds. The monoisotopic (exact) mass is 307 g/mol. The number of carboxylic acid groups (broad SMARTS) is 1. The second-order valence-corrected chi connectivity index (χ2v) is 4.75. The minimum atomic E-state index is -1.05. The van der Waals surface area contributed by atoms with Gasteiger partial charge in [-0.3, -0.25) is 4.79 Å². The van der Waals surface area contributed by atoms with Crippen molar-refractivity contribution in [2.75, 3.05) is 0 Å². The highest BCUT2D eigenvalue weighted by molar-refractivity contribution is 6.31. The maximum Gasteiger partial charge on any atom is 0.335 e. The van der Waals surface area contributed by atoms with Crippen LogP contribution < -0.4 is 5.32 Å². The van der Waals surface area contributed by atoms with Gasteiger partial charge in [0.25, 0.3) is 5.91 Å². The summed E-state index contributed by atoms with van der Waals surface area (Å²) in [5, 5.41) is 11.7. The molecule has 0 saturated carbocycles. The normalized spacial score (nSPS) is 10.2. The van der Waals surface area contributed by atoms with Crippen molar-refractivity contribution in [2.45, 2.75) is 6.54 Å². The van der Waals surface area contributed by atoms with E-state index < -0.39 is 17.7 Å². The van der Waals surface area contributed by atoms with E-state index in [2.05, 4.69) is 5.32 Å². The lowest BCUT2D eigenvalue weighted by molar-refractivity contribution is 0.0696. The van der Waals surface area contributed by atoms with Crippen molar-refractivity contribution in [3.05, 3.63) is 70.0 Å². The third-order valence-corrected chi connectivity index (χ3v) is 3.04. The molecular formula is C15H11ClFNO3. The standard InChI is InChI=1S/C15H11ClFNO3/c16-11-4-5-13(17)12(7-11)14(19)18-8-9-2-1-3-10(6-9)15(20)21/h1-7H,8H2,(H,18,19)(H,20,21). The Kier molecular flexibility index (Phi) is 4.55. The molecule has 0 aliphatic rings. The lowest BCUT2D eigenvalue weighted by Gasteiger charge is -2.07. The lowest BCUT2D eigenvalue weighted by atomic mass is 10.1.